The molecule has 2 atom stereocenters. The van der Waals surface area contributed by atoms with Crippen LogP contribution in [0.2, 0.25) is 0 Å². The molecule has 0 bridgehead atoms. The van der Waals surface area contributed by atoms with Crippen molar-refractivity contribution in [3.8, 4) is 6.07 Å². The molecule has 0 saturated carbocycles. The lowest BCUT2D eigenvalue weighted by Crippen LogP contribution is -2.49. The van der Waals surface area contributed by atoms with Crippen LogP contribution in [-0.2, 0) is 16.6 Å². The summed E-state index contributed by atoms with van der Waals surface area (Å²) in [6.07, 6.45) is -9.12. The lowest BCUT2D eigenvalue weighted by Gasteiger charge is -2.40. The predicted octanol–water partition coefficient (Wildman–Crippen LogP) is 5.75. The number of nitriles is 1. The summed E-state index contributed by atoms with van der Waals surface area (Å²) in [7, 11) is 2.91. The Morgan fingerprint density at radius 2 is 1.82 bits per heavy atom. The van der Waals surface area contributed by atoms with Crippen molar-refractivity contribution >= 4 is 41.2 Å². The number of carbonyl (C=O) groups excluding carboxylic acids is 1. The molecule has 1 amide bonds. The summed E-state index contributed by atoms with van der Waals surface area (Å²) in [5.74, 6) is -1.78. The fraction of sp³-hybridized carbons (Fsp3) is 0.480. The maximum atomic E-state index is 13.8. The first-order valence-corrected chi connectivity index (χ1v) is 13.6. The second kappa shape index (κ2) is 13.2. The highest BCUT2D eigenvalue weighted by molar-refractivity contribution is 7.99. The van der Waals surface area contributed by atoms with Crippen molar-refractivity contribution in [1.29, 1.82) is 5.26 Å². The van der Waals surface area contributed by atoms with Crippen LogP contribution < -0.4 is 4.90 Å². The molecular weight excluding hydrogens is 580 g/mol. The van der Waals surface area contributed by atoms with Crippen LogP contribution >= 0.6 is 23.3 Å². The van der Waals surface area contributed by atoms with Crippen LogP contribution in [0.25, 0.3) is 0 Å². The predicted molar refractivity (Wildman–Crippen MR) is 143 cm³/mol. The van der Waals surface area contributed by atoms with Crippen molar-refractivity contribution in [3.63, 3.8) is 0 Å². The minimum Gasteiger partial charge on any atom is -0.369 e. The number of aliphatic imine (C=N–C) groups is 1. The summed E-state index contributed by atoms with van der Waals surface area (Å²) in [4.78, 5) is 17.7. The maximum absolute atomic E-state index is 13.8. The van der Waals surface area contributed by atoms with Crippen LogP contribution in [-0.4, -0.2) is 72.5 Å². The van der Waals surface area contributed by atoms with Gasteiger partial charge in [-0.15, -0.1) is 11.3 Å². The molecule has 7 nitrogen and oxygen atoms in total. The molecule has 2 unspecified atom stereocenters. The molecule has 1 aromatic heterocycles. The number of nitrogens with zero attached hydrogens (tertiary/aromatic N) is 5. The summed E-state index contributed by atoms with van der Waals surface area (Å²) in [5.41, 5.74) is -4.91. The second-order valence-electron chi connectivity index (χ2n) is 8.71. The number of hydrogen-bond acceptors (Lipinski definition) is 7. The van der Waals surface area contributed by atoms with E-state index in [4.69, 9.17) is 5.26 Å². The third-order valence-electron chi connectivity index (χ3n) is 5.61. The first-order valence-electron chi connectivity index (χ1n) is 12.0. The van der Waals surface area contributed by atoms with E-state index in [1.54, 1.807) is 17.9 Å². The summed E-state index contributed by atoms with van der Waals surface area (Å²) in [5, 5.41) is 19.4. The van der Waals surface area contributed by atoms with Crippen LogP contribution in [0.1, 0.15) is 36.8 Å². The van der Waals surface area contributed by atoms with E-state index in [9.17, 15) is 36.2 Å². The van der Waals surface area contributed by atoms with Crippen LogP contribution in [0, 0.1) is 11.3 Å². The molecule has 0 radical (unpaired) electrons. The first-order chi connectivity index (χ1) is 18.6. The molecule has 1 N–H and O–H groups in total. The van der Waals surface area contributed by atoms with Crippen LogP contribution in [0.3, 0.4) is 0 Å². The molecule has 1 fully saturated rings. The Labute approximate surface area is 236 Å². The van der Waals surface area contributed by atoms with Gasteiger partial charge in [0.1, 0.15) is 0 Å². The molecule has 3 rings (SSSR count). The molecule has 0 aliphatic carbocycles. The second-order valence-corrected chi connectivity index (χ2v) is 11.1. The van der Waals surface area contributed by atoms with Crippen molar-refractivity contribution in [2.24, 2.45) is 4.99 Å². The fourth-order valence-corrected chi connectivity index (χ4v) is 6.04. The smallest absolute Gasteiger partial charge is 0.369 e. The summed E-state index contributed by atoms with van der Waals surface area (Å²) >= 11 is 1.67. The van der Waals surface area contributed by atoms with Gasteiger partial charge in [-0.3, -0.25) is 4.79 Å². The third kappa shape index (κ3) is 7.48. The maximum Gasteiger partial charge on any atom is 0.431 e. The van der Waals surface area contributed by atoms with Gasteiger partial charge in [-0.05, 0) is 49.2 Å². The number of alkyl halides is 6. The zero-order valence-corrected chi connectivity index (χ0v) is 24.0. The Morgan fingerprint density at radius 1 is 1.18 bits per heavy atom. The Hall–Kier alpha value is -2.80. The number of aliphatic hydroxyl groups is 1. The van der Waals surface area contributed by atoms with Gasteiger partial charge in [0.25, 0.3) is 11.5 Å². The van der Waals surface area contributed by atoms with Crippen molar-refractivity contribution < 1.29 is 36.2 Å². The summed E-state index contributed by atoms with van der Waals surface area (Å²) in [6, 6.07) is 7.12. The number of thiophene rings is 1. The van der Waals surface area contributed by atoms with Crippen molar-refractivity contribution in [2.75, 3.05) is 38.6 Å². The van der Waals surface area contributed by atoms with Crippen LogP contribution in [0.4, 0.5) is 32.0 Å². The van der Waals surface area contributed by atoms with Gasteiger partial charge in [0.05, 0.1) is 32.6 Å². The zero-order valence-electron chi connectivity index (χ0n) is 22.3. The minimum absolute atomic E-state index is 0.0570. The van der Waals surface area contributed by atoms with E-state index in [1.165, 1.54) is 37.2 Å². The van der Waals surface area contributed by atoms with Crippen LogP contribution in [0.5, 0.6) is 0 Å². The van der Waals surface area contributed by atoms with E-state index in [0.717, 1.165) is 30.4 Å². The fourth-order valence-electron chi connectivity index (χ4n) is 3.71. The average molecular weight is 610 g/mol. The van der Waals surface area contributed by atoms with E-state index in [0.29, 0.717) is 15.5 Å². The number of hydrogen-bond donors (Lipinski definition) is 1. The SMILES string of the molecule is CC.CC1CN(c2ccc(C#N)cc2C(F)(F)F)CCN1Sc1ccc(C(O)(C(=O)N=CN(C)C)C(F)(F)F)s1. The first kappa shape index (κ1) is 33.4. The topological polar surface area (TPSA) is 83.2 Å². The highest BCUT2D eigenvalue weighted by Crippen LogP contribution is 2.45. The van der Waals surface area contributed by atoms with E-state index in [-0.39, 0.29) is 36.9 Å². The average Bonchev–Trinajstić information content (AvgIpc) is 3.36. The lowest BCUT2D eigenvalue weighted by molar-refractivity contribution is -0.254. The van der Waals surface area contributed by atoms with Crippen LogP contribution in [0.15, 0.2) is 39.5 Å². The van der Waals surface area contributed by atoms with Gasteiger partial charge >= 0.3 is 12.4 Å². The van der Waals surface area contributed by atoms with Gasteiger partial charge in [0.2, 0.25) is 0 Å². The van der Waals surface area contributed by atoms with Gasteiger partial charge in [-0.1, -0.05) is 13.8 Å². The van der Waals surface area contributed by atoms with Gasteiger partial charge in [0.15, 0.2) is 0 Å². The highest BCUT2D eigenvalue weighted by atomic mass is 32.2. The number of piperazine rings is 1. The lowest BCUT2D eigenvalue weighted by atomic mass is 10.0. The highest BCUT2D eigenvalue weighted by Gasteiger charge is 2.62. The number of amides is 1. The van der Waals surface area contributed by atoms with Crippen molar-refractivity contribution in [2.45, 2.75) is 49.0 Å². The molecule has 220 valence electrons. The summed E-state index contributed by atoms with van der Waals surface area (Å²) < 4.78 is 84.4. The van der Waals surface area contributed by atoms with Gasteiger partial charge in [-0.2, -0.15) is 31.6 Å². The Bertz CT molecular complexity index is 1240. The normalized spacial score (nSPS) is 18.1. The molecule has 15 heteroatoms. The van der Waals surface area contributed by atoms with Gasteiger partial charge in [-0.25, -0.2) is 9.30 Å². The number of carbonyl (C=O) groups is 1. The Balaban J connectivity index is 0.00000274. The number of anilines is 1. The molecule has 1 aromatic carbocycles. The van der Waals surface area contributed by atoms with Crippen molar-refractivity contribution in [1.82, 2.24) is 9.21 Å². The standard InChI is InChI=1S/C23H23F6N5O2S2.C2H6/c1-14-12-33(17-5-4-15(11-30)10-16(17)22(24,25)26)8-9-34(14)38-19-7-6-18(37-19)21(36,23(27,28)29)20(35)31-13-32(2)3;1-2/h4-7,10,13-14,36H,8-9,12H2,1-3H3;1-2H3. The Morgan fingerprint density at radius 3 is 2.35 bits per heavy atom. The quantitative estimate of drug-likeness (QED) is 0.193. The van der Waals surface area contributed by atoms with E-state index in [2.05, 4.69) is 4.99 Å². The van der Waals surface area contributed by atoms with E-state index >= 15 is 0 Å². The molecule has 2 aromatic rings. The molecule has 1 aliphatic heterocycles. The number of benzene rings is 1. The third-order valence-corrected chi connectivity index (χ3v) is 8.16. The molecule has 1 saturated heterocycles. The van der Waals surface area contributed by atoms with Gasteiger partial charge in [0, 0.05) is 45.5 Å². The van der Waals surface area contributed by atoms with Gasteiger partial charge < -0.3 is 14.9 Å². The molecular formula is C25H29F6N5O2S2. The van der Waals surface area contributed by atoms with E-state index in [1.807, 2.05) is 18.2 Å². The summed E-state index contributed by atoms with van der Waals surface area (Å²) in [6.45, 7) is 6.40. The van der Waals surface area contributed by atoms with Crippen molar-refractivity contribution in [3.05, 3.63) is 46.3 Å². The monoisotopic (exact) mass is 609 g/mol. The Kier molecular flexibility index (Phi) is 11.1. The van der Waals surface area contributed by atoms with E-state index < -0.39 is 34.3 Å². The number of halogens is 6. The molecule has 2 heterocycles. The number of rotatable bonds is 6. The molecule has 1 aliphatic rings. The molecule has 40 heavy (non-hydrogen) atoms. The zero-order chi connectivity index (χ0) is 30.5. The molecule has 0 spiro atoms. The minimum atomic E-state index is -5.32. The largest absolute Gasteiger partial charge is 0.431 e.